The zero-order valence-corrected chi connectivity index (χ0v) is 19.3. The Labute approximate surface area is 202 Å². The minimum Gasteiger partial charge on any atom is -0.497 e. The standard InChI is InChI=1S/C27H23N5O3/c1-18-3-7-21(8-4-18)26(33)29-22-11-5-19(6-12-22)15-32-16-24(28-17-32)27-30-25(31-35-27)20-9-13-23(34-2)14-10-20/h3-14,16-17H,15H2,1-2H3,(H,29,33). The van der Waals surface area contributed by atoms with Gasteiger partial charge in [0.2, 0.25) is 5.82 Å². The molecular weight excluding hydrogens is 442 g/mol. The topological polar surface area (TPSA) is 95.1 Å². The van der Waals surface area contributed by atoms with E-state index >= 15 is 0 Å². The van der Waals surface area contributed by atoms with Crippen LogP contribution in [0.4, 0.5) is 5.69 Å². The molecule has 2 heterocycles. The van der Waals surface area contributed by atoms with Crippen LogP contribution in [-0.4, -0.2) is 32.7 Å². The highest BCUT2D eigenvalue weighted by Crippen LogP contribution is 2.23. The van der Waals surface area contributed by atoms with Crippen molar-refractivity contribution in [3.63, 3.8) is 0 Å². The number of carbonyl (C=O) groups excluding carboxylic acids is 1. The van der Waals surface area contributed by atoms with Crippen molar-refractivity contribution in [3.8, 4) is 28.7 Å². The maximum atomic E-state index is 12.4. The summed E-state index contributed by atoms with van der Waals surface area (Å²) in [6.45, 7) is 2.60. The number of methoxy groups -OCH3 is 1. The van der Waals surface area contributed by atoms with Gasteiger partial charge in [-0.15, -0.1) is 0 Å². The summed E-state index contributed by atoms with van der Waals surface area (Å²) in [6.07, 6.45) is 3.58. The monoisotopic (exact) mass is 465 g/mol. The molecule has 0 saturated carbocycles. The number of carbonyl (C=O) groups is 1. The van der Waals surface area contributed by atoms with Gasteiger partial charge in [0.15, 0.2) is 0 Å². The number of anilines is 1. The first kappa shape index (κ1) is 22.1. The molecule has 0 fully saturated rings. The summed E-state index contributed by atoms with van der Waals surface area (Å²) in [5.41, 5.74) is 4.97. The third-order valence-corrected chi connectivity index (χ3v) is 5.52. The largest absolute Gasteiger partial charge is 0.497 e. The van der Waals surface area contributed by atoms with Crippen LogP contribution in [0.15, 0.2) is 89.8 Å². The highest BCUT2D eigenvalue weighted by molar-refractivity contribution is 6.04. The summed E-state index contributed by atoms with van der Waals surface area (Å²) in [7, 11) is 1.62. The van der Waals surface area contributed by atoms with Crippen molar-refractivity contribution in [3.05, 3.63) is 102 Å². The second-order valence-corrected chi connectivity index (χ2v) is 8.10. The summed E-state index contributed by atoms with van der Waals surface area (Å²) in [6, 6.07) is 22.6. The first-order chi connectivity index (χ1) is 17.1. The molecule has 0 spiro atoms. The first-order valence-corrected chi connectivity index (χ1v) is 11.0. The minimum absolute atomic E-state index is 0.134. The molecule has 8 nitrogen and oxygen atoms in total. The quantitative estimate of drug-likeness (QED) is 0.354. The number of hydrogen-bond acceptors (Lipinski definition) is 6. The van der Waals surface area contributed by atoms with Crippen LogP contribution >= 0.6 is 0 Å². The molecule has 0 bridgehead atoms. The smallest absolute Gasteiger partial charge is 0.278 e. The van der Waals surface area contributed by atoms with Gasteiger partial charge in [0.05, 0.1) is 13.4 Å². The summed E-state index contributed by atoms with van der Waals surface area (Å²) >= 11 is 0. The molecule has 1 N–H and O–H groups in total. The van der Waals surface area contributed by atoms with Gasteiger partial charge in [-0.1, -0.05) is 35.0 Å². The van der Waals surface area contributed by atoms with Gasteiger partial charge in [-0.25, -0.2) is 4.98 Å². The van der Waals surface area contributed by atoms with Crippen LogP contribution in [0.3, 0.4) is 0 Å². The van der Waals surface area contributed by atoms with Crippen LogP contribution in [0, 0.1) is 6.92 Å². The van der Waals surface area contributed by atoms with E-state index in [-0.39, 0.29) is 5.91 Å². The average molecular weight is 466 g/mol. The lowest BCUT2D eigenvalue weighted by atomic mass is 10.1. The fourth-order valence-corrected chi connectivity index (χ4v) is 3.55. The molecule has 0 aliphatic heterocycles. The fraction of sp³-hybridized carbons (Fsp3) is 0.111. The molecule has 0 saturated heterocycles. The van der Waals surface area contributed by atoms with E-state index in [2.05, 4.69) is 20.4 Å². The minimum atomic E-state index is -0.134. The van der Waals surface area contributed by atoms with Crippen molar-refractivity contribution in [2.75, 3.05) is 12.4 Å². The van der Waals surface area contributed by atoms with Gasteiger partial charge in [-0.2, -0.15) is 4.98 Å². The Morgan fingerprint density at radius 2 is 1.74 bits per heavy atom. The molecular formula is C27H23N5O3. The Kier molecular flexibility index (Phi) is 6.09. The average Bonchev–Trinajstić information content (AvgIpc) is 3.56. The number of ether oxygens (including phenoxy) is 1. The van der Waals surface area contributed by atoms with Crippen LogP contribution in [0.2, 0.25) is 0 Å². The Bertz CT molecular complexity index is 1440. The molecule has 5 rings (SSSR count). The molecule has 0 unspecified atom stereocenters. The predicted molar refractivity (Wildman–Crippen MR) is 132 cm³/mol. The van der Waals surface area contributed by atoms with Crippen LogP contribution in [0.1, 0.15) is 21.5 Å². The van der Waals surface area contributed by atoms with Crippen LogP contribution in [0.5, 0.6) is 5.75 Å². The molecule has 0 aliphatic carbocycles. The van der Waals surface area contributed by atoms with Crippen molar-refractivity contribution in [1.82, 2.24) is 19.7 Å². The fourth-order valence-electron chi connectivity index (χ4n) is 3.55. The normalized spacial score (nSPS) is 10.8. The second kappa shape index (κ2) is 9.64. The number of benzene rings is 3. The number of nitrogens with one attached hydrogen (secondary N) is 1. The molecule has 0 atom stereocenters. The van der Waals surface area contributed by atoms with Gasteiger partial charge in [0, 0.05) is 29.6 Å². The molecule has 3 aromatic carbocycles. The predicted octanol–water partition coefficient (Wildman–Crippen LogP) is 5.22. The van der Waals surface area contributed by atoms with E-state index < -0.39 is 0 Å². The van der Waals surface area contributed by atoms with Crippen LogP contribution in [0.25, 0.3) is 23.0 Å². The molecule has 174 valence electrons. The van der Waals surface area contributed by atoms with E-state index in [9.17, 15) is 4.79 Å². The number of nitrogens with zero attached hydrogens (tertiary/aromatic N) is 4. The molecule has 35 heavy (non-hydrogen) atoms. The Morgan fingerprint density at radius 1 is 1.00 bits per heavy atom. The van der Waals surface area contributed by atoms with Crippen molar-refractivity contribution in [2.45, 2.75) is 13.5 Å². The third kappa shape index (κ3) is 5.11. The van der Waals surface area contributed by atoms with Crippen molar-refractivity contribution in [2.24, 2.45) is 0 Å². The molecule has 1 amide bonds. The lowest BCUT2D eigenvalue weighted by Crippen LogP contribution is -2.11. The van der Waals surface area contributed by atoms with E-state index in [0.29, 0.717) is 29.5 Å². The number of amides is 1. The first-order valence-electron chi connectivity index (χ1n) is 11.0. The second-order valence-electron chi connectivity index (χ2n) is 8.10. The Morgan fingerprint density at radius 3 is 2.46 bits per heavy atom. The van der Waals surface area contributed by atoms with Crippen molar-refractivity contribution in [1.29, 1.82) is 0 Å². The summed E-state index contributed by atoms with van der Waals surface area (Å²) < 4.78 is 12.5. The molecule has 0 aliphatic rings. The lowest BCUT2D eigenvalue weighted by molar-refractivity contribution is 0.102. The number of hydrogen-bond donors (Lipinski definition) is 1. The SMILES string of the molecule is COc1ccc(-c2noc(-c3cn(Cc4ccc(NC(=O)c5ccc(C)cc5)cc4)cn3)n2)cc1. The van der Waals surface area contributed by atoms with Crippen molar-refractivity contribution < 1.29 is 14.1 Å². The highest BCUT2D eigenvalue weighted by atomic mass is 16.5. The number of rotatable bonds is 7. The maximum absolute atomic E-state index is 12.4. The molecule has 5 aromatic rings. The molecule has 0 radical (unpaired) electrons. The van der Waals surface area contributed by atoms with E-state index in [1.807, 2.05) is 90.5 Å². The summed E-state index contributed by atoms with van der Waals surface area (Å²) in [5, 5.41) is 6.98. The van der Waals surface area contributed by atoms with E-state index in [0.717, 1.165) is 28.1 Å². The van der Waals surface area contributed by atoms with Gasteiger partial charge < -0.3 is 19.1 Å². The Hall–Kier alpha value is -4.72. The van der Waals surface area contributed by atoms with Crippen molar-refractivity contribution >= 4 is 11.6 Å². The third-order valence-electron chi connectivity index (χ3n) is 5.52. The van der Waals surface area contributed by atoms with Gasteiger partial charge >= 0.3 is 0 Å². The zero-order chi connectivity index (χ0) is 24.2. The van der Waals surface area contributed by atoms with E-state index in [4.69, 9.17) is 9.26 Å². The molecule has 8 heteroatoms. The zero-order valence-electron chi connectivity index (χ0n) is 19.3. The van der Waals surface area contributed by atoms with Gasteiger partial charge in [-0.05, 0) is 61.0 Å². The van der Waals surface area contributed by atoms with Gasteiger partial charge in [0.25, 0.3) is 11.8 Å². The maximum Gasteiger partial charge on any atom is 0.278 e. The van der Waals surface area contributed by atoms with Gasteiger partial charge in [0.1, 0.15) is 11.4 Å². The highest BCUT2D eigenvalue weighted by Gasteiger charge is 2.13. The summed E-state index contributed by atoms with van der Waals surface area (Å²) in [5.74, 6) is 1.47. The summed E-state index contributed by atoms with van der Waals surface area (Å²) in [4.78, 5) is 21.3. The van der Waals surface area contributed by atoms with E-state index in [1.54, 1.807) is 13.4 Å². The van der Waals surface area contributed by atoms with Crippen LogP contribution < -0.4 is 10.1 Å². The molecule has 2 aromatic heterocycles. The number of imidazole rings is 1. The van der Waals surface area contributed by atoms with Crippen LogP contribution in [-0.2, 0) is 6.54 Å². The number of aryl methyl sites for hydroxylation is 1. The lowest BCUT2D eigenvalue weighted by Gasteiger charge is -2.07. The number of aromatic nitrogens is 4. The Balaban J connectivity index is 1.22. The van der Waals surface area contributed by atoms with Gasteiger partial charge in [-0.3, -0.25) is 4.79 Å². The van der Waals surface area contributed by atoms with E-state index in [1.165, 1.54) is 0 Å².